The van der Waals surface area contributed by atoms with Crippen molar-refractivity contribution in [1.29, 1.82) is 0 Å². The summed E-state index contributed by atoms with van der Waals surface area (Å²) in [5.74, 6) is -0.505. The van der Waals surface area contributed by atoms with E-state index in [2.05, 4.69) is 23.6 Å². The summed E-state index contributed by atoms with van der Waals surface area (Å²) in [6.45, 7) is 9.24. The Hall–Kier alpha value is -2.08. The summed E-state index contributed by atoms with van der Waals surface area (Å²) in [5.41, 5.74) is 1.22. The highest BCUT2D eigenvalue weighted by atomic mass is 16.4. The number of carboxylic acid groups (broad SMARTS) is 1. The molecule has 0 unspecified atom stereocenters. The molecule has 6 heteroatoms. The van der Waals surface area contributed by atoms with Crippen LogP contribution in [0.25, 0.3) is 0 Å². The first-order valence-electron chi connectivity index (χ1n) is 9.57. The lowest BCUT2D eigenvalue weighted by atomic mass is 9.95. The minimum absolute atomic E-state index is 0.119. The highest BCUT2D eigenvalue weighted by Gasteiger charge is 2.31. The predicted molar refractivity (Wildman–Crippen MR) is 102 cm³/mol. The zero-order chi connectivity index (χ0) is 18.7. The molecule has 1 atom stereocenters. The Kier molecular flexibility index (Phi) is 5.81. The normalized spacial score (nSPS) is 21.9. The molecule has 142 valence electrons. The molecule has 1 aromatic carbocycles. The average Bonchev–Trinajstić information content (AvgIpc) is 2.67. The predicted octanol–water partition coefficient (Wildman–Crippen LogP) is 2.15. The van der Waals surface area contributed by atoms with Crippen LogP contribution < -0.4 is 4.90 Å². The first kappa shape index (κ1) is 18.7. The maximum absolute atomic E-state index is 12.9. The number of anilines is 1. The maximum Gasteiger partial charge on any atom is 0.335 e. The number of aromatic carboxylic acids is 1. The van der Waals surface area contributed by atoms with Gasteiger partial charge in [0.05, 0.1) is 11.5 Å². The maximum atomic E-state index is 12.9. The van der Waals surface area contributed by atoms with Crippen molar-refractivity contribution < 1.29 is 14.7 Å². The number of carboxylic acids is 1. The third-order valence-electron chi connectivity index (χ3n) is 5.58. The van der Waals surface area contributed by atoms with Crippen molar-refractivity contribution in [1.82, 2.24) is 9.80 Å². The number of amides is 1. The van der Waals surface area contributed by atoms with E-state index >= 15 is 0 Å². The van der Waals surface area contributed by atoms with Crippen LogP contribution in [0.5, 0.6) is 0 Å². The van der Waals surface area contributed by atoms with E-state index in [0.29, 0.717) is 24.7 Å². The van der Waals surface area contributed by atoms with Gasteiger partial charge in [-0.3, -0.25) is 4.79 Å². The van der Waals surface area contributed by atoms with Gasteiger partial charge in [-0.2, -0.15) is 0 Å². The summed E-state index contributed by atoms with van der Waals surface area (Å²) in [5, 5.41) is 9.15. The van der Waals surface area contributed by atoms with E-state index in [1.54, 1.807) is 18.2 Å². The second kappa shape index (κ2) is 8.08. The summed E-state index contributed by atoms with van der Waals surface area (Å²) >= 11 is 0. The Morgan fingerprint density at radius 1 is 1.12 bits per heavy atom. The molecule has 0 radical (unpaired) electrons. The van der Waals surface area contributed by atoms with Gasteiger partial charge in [0.1, 0.15) is 0 Å². The van der Waals surface area contributed by atoms with Gasteiger partial charge >= 0.3 is 5.97 Å². The third kappa shape index (κ3) is 4.18. The van der Waals surface area contributed by atoms with Crippen molar-refractivity contribution in [2.24, 2.45) is 5.92 Å². The Balaban J connectivity index is 1.57. The van der Waals surface area contributed by atoms with E-state index in [9.17, 15) is 9.59 Å². The fourth-order valence-electron chi connectivity index (χ4n) is 3.96. The molecule has 2 saturated heterocycles. The van der Waals surface area contributed by atoms with Crippen molar-refractivity contribution >= 4 is 17.6 Å². The highest BCUT2D eigenvalue weighted by Crippen LogP contribution is 2.23. The molecule has 2 heterocycles. The van der Waals surface area contributed by atoms with Gasteiger partial charge in [-0.05, 0) is 51.4 Å². The van der Waals surface area contributed by atoms with E-state index in [-0.39, 0.29) is 11.8 Å². The number of likely N-dealkylation sites (tertiary alicyclic amines) is 1. The van der Waals surface area contributed by atoms with Gasteiger partial charge in [0.2, 0.25) is 5.91 Å². The molecule has 6 nitrogen and oxygen atoms in total. The molecule has 1 amide bonds. The monoisotopic (exact) mass is 359 g/mol. The van der Waals surface area contributed by atoms with Gasteiger partial charge in [0, 0.05) is 44.5 Å². The lowest BCUT2D eigenvalue weighted by molar-refractivity contribution is -0.137. The van der Waals surface area contributed by atoms with Crippen molar-refractivity contribution in [3.8, 4) is 0 Å². The SMILES string of the molecule is CC(C)N1CCC[C@@H](C(=O)N2CCN(c3cccc(C(=O)O)c3)CC2)C1. The lowest BCUT2D eigenvalue weighted by Gasteiger charge is -2.40. The molecule has 0 aliphatic carbocycles. The Labute approximate surface area is 155 Å². The number of carbonyl (C=O) groups is 2. The van der Waals surface area contributed by atoms with Gasteiger partial charge in [-0.1, -0.05) is 6.07 Å². The standard InChI is InChI=1S/C20H29N3O3/c1-15(2)23-8-4-6-17(14-23)19(24)22-11-9-21(10-12-22)18-7-3-5-16(13-18)20(25)26/h3,5,7,13,15,17H,4,6,8-12,14H2,1-2H3,(H,25,26)/t17-/m1/s1. The number of benzene rings is 1. The van der Waals surface area contributed by atoms with Crippen molar-refractivity contribution in [3.05, 3.63) is 29.8 Å². The second-order valence-electron chi connectivity index (χ2n) is 7.60. The summed E-state index contributed by atoms with van der Waals surface area (Å²) in [6.07, 6.45) is 2.08. The summed E-state index contributed by atoms with van der Waals surface area (Å²) in [7, 11) is 0. The molecule has 26 heavy (non-hydrogen) atoms. The fourth-order valence-corrected chi connectivity index (χ4v) is 3.96. The van der Waals surface area contributed by atoms with Crippen LogP contribution in [0.4, 0.5) is 5.69 Å². The van der Waals surface area contributed by atoms with Gasteiger partial charge in [-0.15, -0.1) is 0 Å². The van der Waals surface area contributed by atoms with Crippen LogP contribution in [0.15, 0.2) is 24.3 Å². The highest BCUT2D eigenvalue weighted by molar-refractivity contribution is 5.88. The Morgan fingerprint density at radius 3 is 2.50 bits per heavy atom. The summed E-state index contributed by atoms with van der Waals surface area (Å²) in [4.78, 5) is 30.6. The molecular weight excluding hydrogens is 330 g/mol. The number of rotatable bonds is 4. The van der Waals surface area contributed by atoms with Crippen LogP contribution in [-0.4, -0.2) is 72.1 Å². The first-order chi connectivity index (χ1) is 12.5. The number of hydrogen-bond acceptors (Lipinski definition) is 4. The molecule has 2 fully saturated rings. The van der Waals surface area contributed by atoms with Crippen LogP contribution in [-0.2, 0) is 4.79 Å². The van der Waals surface area contributed by atoms with Crippen LogP contribution >= 0.6 is 0 Å². The first-order valence-corrected chi connectivity index (χ1v) is 9.57. The molecule has 0 spiro atoms. The minimum atomic E-state index is -0.910. The van der Waals surface area contributed by atoms with Gasteiger partial charge in [0.15, 0.2) is 0 Å². The van der Waals surface area contributed by atoms with Gasteiger partial charge in [0.25, 0.3) is 0 Å². The van der Waals surface area contributed by atoms with Crippen LogP contribution in [0.1, 0.15) is 37.0 Å². The smallest absolute Gasteiger partial charge is 0.335 e. The van der Waals surface area contributed by atoms with E-state index in [1.807, 2.05) is 11.0 Å². The zero-order valence-corrected chi connectivity index (χ0v) is 15.7. The minimum Gasteiger partial charge on any atom is -0.478 e. The molecule has 2 aliphatic heterocycles. The molecule has 1 N–H and O–H groups in total. The Bertz CT molecular complexity index is 653. The van der Waals surface area contributed by atoms with Gasteiger partial charge < -0.3 is 19.8 Å². The summed E-state index contributed by atoms with van der Waals surface area (Å²) < 4.78 is 0. The molecule has 0 bridgehead atoms. The average molecular weight is 359 g/mol. The largest absolute Gasteiger partial charge is 0.478 e. The summed E-state index contributed by atoms with van der Waals surface area (Å²) in [6, 6.07) is 7.52. The zero-order valence-electron chi connectivity index (χ0n) is 15.7. The van der Waals surface area contributed by atoms with Crippen LogP contribution in [0.2, 0.25) is 0 Å². The molecule has 3 rings (SSSR count). The van der Waals surface area contributed by atoms with E-state index in [4.69, 9.17) is 5.11 Å². The quantitative estimate of drug-likeness (QED) is 0.892. The molecule has 0 aromatic heterocycles. The lowest BCUT2D eigenvalue weighted by Crippen LogP contribution is -2.53. The molecule has 2 aliphatic rings. The molecular formula is C20H29N3O3. The number of hydrogen-bond donors (Lipinski definition) is 1. The van der Waals surface area contributed by atoms with E-state index < -0.39 is 5.97 Å². The van der Waals surface area contributed by atoms with E-state index in [1.165, 1.54) is 0 Å². The van der Waals surface area contributed by atoms with Crippen molar-refractivity contribution in [2.45, 2.75) is 32.7 Å². The third-order valence-corrected chi connectivity index (χ3v) is 5.58. The number of piperazine rings is 1. The number of carbonyl (C=O) groups excluding carboxylic acids is 1. The van der Waals surface area contributed by atoms with Gasteiger partial charge in [-0.25, -0.2) is 4.79 Å². The number of nitrogens with zero attached hydrogens (tertiary/aromatic N) is 3. The van der Waals surface area contributed by atoms with Crippen LogP contribution in [0, 0.1) is 5.92 Å². The molecule has 1 aromatic rings. The second-order valence-corrected chi connectivity index (χ2v) is 7.60. The van der Waals surface area contributed by atoms with E-state index in [0.717, 1.165) is 44.7 Å². The Morgan fingerprint density at radius 2 is 1.85 bits per heavy atom. The molecule has 0 saturated carbocycles. The fraction of sp³-hybridized carbons (Fsp3) is 0.600. The van der Waals surface area contributed by atoms with Crippen molar-refractivity contribution in [3.63, 3.8) is 0 Å². The van der Waals surface area contributed by atoms with Crippen molar-refractivity contribution in [2.75, 3.05) is 44.2 Å². The number of piperidine rings is 1. The van der Waals surface area contributed by atoms with Crippen LogP contribution in [0.3, 0.4) is 0 Å². The topological polar surface area (TPSA) is 64.1 Å².